The lowest BCUT2D eigenvalue weighted by Crippen LogP contribution is -2.40. The van der Waals surface area contributed by atoms with Crippen LogP contribution in [0.3, 0.4) is 0 Å². The highest BCUT2D eigenvalue weighted by Crippen LogP contribution is 2.35. The lowest BCUT2D eigenvalue weighted by Gasteiger charge is -2.34. The molecule has 0 bridgehead atoms. The minimum Gasteiger partial charge on any atom is -0.481 e. The first-order valence-electron chi connectivity index (χ1n) is 16.1. The van der Waals surface area contributed by atoms with Crippen molar-refractivity contribution in [2.75, 3.05) is 19.8 Å². The van der Waals surface area contributed by atoms with Gasteiger partial charge in [-0.3, -0.25) is 14.4 Å². The third-order valence-electron chi connectivity index (χ3n) is 9.64. The molecule has 2 N–H and O–H groups in total. The van der Waals surface area contributed by atoms with Crippen LogP contribution in [0.1, 0.15) is 96.3 Å². The zero-order valence-corrected chi connectivity index (χ0v) is 25.1. The Kier molecular flexibility index (Phi) is 13.4. The molecular formula is C32H48O11. The van der Waals surface area contributed by atoms with Crippen molar-refractivity contribution in [1.82, 2.24) is 0 Å². The van der Waals surface area contributed by atoms with Gasteiger partial charge in [0.05, 0.1) is 55.9 Å². The Labute approximate surface area is 254 Å². The van der Waals surface area contributed by atoms with Gasteiger partial charge in [-0.05, 0) is 77.0 Å². The minimum atomic E-state index is -1.01. The molecule has 0 heterocycles. The number of aliphatic carboxylic acids is 2. The third-order valence-corrected chi connectivity index (χ3v) is 9.64. The molecule has 11 heteroatoms. The Morgan fingerprint density at radius 1 is 0.651 bits per heavy atom. The molecule has 242 valence electrons. The van der Waals surface area contributed by atoms with E-state index >= 15 is 0 Å². The molecule has 11 nitrogen and oxygen atoms in total. The number of carbonyl (C=O) groups is 3. The zero-order valence-electron chi connectivity index (χ0n) is 25.1. The maximum atomic E-state index is 12.9. The highest BCUT2D eigenvalue weighted by atomic mass is 17.2. The van der Waals surface area contributed by atoms with Crippen LogP contribution in [0, 0.1) is 36.2 Å². The van der Waals surface area contributed by atoms with Crippen LogP contribution >= 0.6 is 0 Å². The quantitative estimate of drug-likeness (QED) is 0.0944. The molecule has 4 fully saturated rings. The second-order valence-corrected chi connectivity index (χ2v) is 12.6. The lowest BCUT2D eigenvalue weighted by molar-refractivity contribution is -0.338. The largest absolute Gasteiger partial charge is 0.481 e. The van der Waals surface area contributed by atoms with Crippen molar-refractivity contribution in [3.05, 3.63) is 0 Å². The molecule has 4 rings (SSSR count). The van der Waals surface area contributed by atoms with Gasteiger partial charge in [-0.25, -0.2) is 9.78 Å². The smallest absolute Gasteiger partial charge is 0.310 e. The Balaban J connectivity index is 1.14. The lowest BCUT2D eigenvalue weighted by atomic mass is 9.77. The highest BCUT2D eigenvalue weighted by molar-refractivity contribution is 5.81. The minimum absolute atomic E-state index is 0.0254. The van der Waals surface area contributed by atoms with E-state index in [2.05, 4.69) is 6.11 Å². The fraction of sp³-hybridized carbons (Fsp3) is 0.844. The molecule has 43 heavy (non-hydrogen) atoms. The van der Waals surface area contributed by atoms with Gasteiger partial charge in [0.25, 0.3) is 0 Å². The highest BCUT2D eigenvalue weighted by Gasteiger charge is 2.42. The normalized spacial score (nSPS) is 33.7. The van der Waals surface area contributed by atoms with Crippen LogP contribution in [0.2, 0.25) is 0 Å². The maximum Gasteiger partial charge on any atom is 0.310 e. The van der Waals surface area contributed by atoms with Crippen LogP contribution in [0.4, 0.5) is 0 Å². The summed E-state index contributed by atoms with van der Waals surface area (Å²) in [6, 6.07) is 0. The average Bonchev–Trinajstić information content (AvgIpc) is 3.00. The van der Waals surface area contributed by atoms with Crippen LogP contribution in [0.25, 0.3) is 0 Å². The van der Waals surface area contributed by atoms with Crippen LogP contribution in [0.15, 0.2) is 0 Å². The molecule has 0 saturated heterocycles. The van der Waals surface area contributed by atoms with Gasteiger partial charge in [0.15, 0.2) is 0 Å². The van der Waals surface area contributed by atoms with Gasteiger partial charge < -0.3 is 29.2 Å². The summed E-state index contributed by atoms with van der Waals surface area (Å²) in [4.78, 5) is 47.7. The van der Waals surface area contributed by atoms with Crippen molar-refractivity contribution >= 4 is 17.9 Å². The predicted molar refractivity (Wildman–Crippen MR) is 152 cm³/mol. The van der Waals surface area contributed by atoms with Gasteiger partial charge in [-0.15, -0.1) is 0 Å². The number of hydrogen-bond acceptors (Lipinski definition) is 9. The van der Waals surface area contributed by atoms with Crippen molar-refractivity contribution in [3.8, 4) is 12.5 Å². The van der Waals surface area contributed by atoms with E-state index in [-0.39, 0.29) is 43.4 Å². The summed E-state index contributed by atoms with van der Waals surface area (Å²) in [5, 5.41) is 19.3. The first kappa shape index (κ1) is 33.5. The summed E-state index contributed by atoms with van der Waals surface area (Å²) in [5.74, 6) is -4.68. The molecule has 0 aromatic rings. The molecule has 0 radical (unpaired) electrons. The fourth-order valence-corrected chi connectivity index (χ4v) is 7.16. The van der Waals surface area contributed by atoms with Crippen LogP contribution < -0.4 is 0 Å². The van der Waals surface area contributed by atoms with Gasteiger partial charge in [-0.1, -0.05) is 25.7 Å². The van der Waals surface area contributed by atoms with Crippen LogP contribution in [0.5, 0.6) is 0 Å². The number of terminal acetylenes is 1. The maximum absolute atomic E-state index is 12.9. The summed E-state index contributed by atoms with van der Waals surface area (Å²) < 4.78 is 22.9. The Hall–Kier alpha value is -2.39. The number of rotatable bonds is 14. The summed E-state index contributed by atoms with van der Waals surface area (Å²) in [6.45, 7) is 1.24. The molecule has 6 atom stereocenters. The molecule has 4 saturated carbocycles. The van der Waals surface area contributed by atoms with Gasteiger partial charge in [0, 0.05) is 5.92 Å². The average molecular weight is 609 g/mol. The van der Waals surface area contributed by atoms with Crippen LogP contribution in [-0.2, 0) is 43.1 Å². The molecule has 0 aromatic heterocycles. The first-order chi connectivity index (χ1) is 20.8. The zero-order chi connectivity index (χ0) is 30.6. The van der Waals surface area contributed by atoms with Gasteiger partial charge in [0.2, 0.25) is 0 Å². The van der Waals surface area contributed by atoms with E-state index in [4.69, 9.17) is 35.1 Å². The number of carboxylic acids is 2. The van der Waals surface area contributed by atoms with Crippen molar-refractivity contribution in [2.45, 2.75) is 127 Å². The van der Waals surface area contributed by atoms with Gasteiger partial charge in [-0.2, -0.15) is 0 Å². The van der Waals surface area contributed by atoms with Crippen molar-refractivity contribution in [3.63, 3.8) is 0 Å². The van der Waals surface area contributed by atoms with E-state index in [1.54, 1.807) is 0 Å². The van der Waals surface area contributed by atoms with Crippen LogP contribution in [-0.4, -0.2) is 78.5 Å². The van der Waals surface area contributed by atoms with Gasteiger partial charge >= 0.3 is 17.9 Å². The molecule has 0 aliphatic heterocycles. The SMILES string of the molecule is C#COC1CCC(C(=O)O)C(C(=O)OC2CCC(OOCC3CC(OCCOC4CCCCC4)CCC3C(=O)O)CC2)C1. The van der Waals surface area contributed by atoms with Crippen molar-refractivity contribution < 1.29 is 53.3 Å². The van der Waals surface area contributed by atoms with Crippen molar-refractivity contribution in [1.29, 1.82) is 0 Å². The number of carbonyl (C=O) groups excluding carboxylic acids is 1. The first-order valence-corrected chi connectivity index (χ1v) is 16.1. The third kappa shape index (κ3) is 10.3. The van der Waals surface area contributed by atoms with E-state index < -0.39 is 35.7 Å². The Bertz CT molecular complexity index is 934. The van der Waals surface area contributed by atoms with E-state index in [0.29, 0.717) is 77.1 Å². The predicted octanol–water partition coefficient (Wildman–Crippen LogP) is 4.50. The second-order valence-electron chi connectivity index (χ2n) is 12.6. The molecule has 0 amide bonds. The summed E-state index contributed by atoms with van der Waals surface area (Å²) in [5.41, 5.74) is 0. The van der Waals surface area contributed by atoms with E-state index in [0.717, 1.165) is 12.8 Å². The summed E-state index contributed by atoms with van der Waals surface area (Å²) in [6.07, 6.45) is 18.0. The number of ether oxygens (including phenoxy) is 4. The molecule has 0 spiro atoms. The summed E-state index contributed by atoms with van der Waals surface area (Å²) >= 11 is 0. The second kappa shape index (κ2) is 17.2. The molecule has 4 aliphatic rings. The summed E-state index contributed by atoms with van der Waals surface area (Å²) in [7, 11) is 0. The van der Waals surface area contributed by atoms with E-state index in [9.17, 15) is 24.6 Å². The molecule has 4 aliphatic carbocycles. The molecule has 0 aromatic carbocycles. The standard InChI is InChI=1S/C32H48O11/c1-2-38-26-13-15-28(31(35)36)29(19-26)32(37)42-23-8-10-24(11-9-23)43-41-20-21-18-25(12-14-27(21)30(33)34)40-17-16-39-22-6-4-3-5-7-22/h1,21-29H,3-20H2,(H,33,34)(H,35,36). The number of hydrogen-bond donors (Lipinski definition) is 2. The number of esters is 1. The monoisotopic (exact) mass is 608 g/mol. The van der Waals surface area contributed by atoms with E-state index in [1.165, 1.54) is 19.3 Å². The Morgan fingerprint density at radius 3 is 1.93 bits per heavy atom. The molecular weight excluding hydrogens is 560 g/mol. The van der Waals surface area contributed by atoms with Gasteiger partial charge in [0.1, 0.15) is 18.3 Å². The fourth-order valence-electron chi connectivity index (χ4n) is 7.16. The Morgan fingerprint density at radius 2 is 1.26 bits per heavy atom. The van der Waals surface area contributed by atoms with E-state index in [1.807, 2.05) is 0 Å². The topological polar surface area (TPSA) is 147 Å². The molecule has 6 unspecified atom stereocenters. The van der Waals surface area contributed by atoms with Crippen molar-refractivity contribution in [2.24, 2.45) is 23.7 Å². The number of carboxylic acid groups (broad SMARTS) is 2.